The minimum absolute atomic E-state index is 0.242. The van der Waals surface area contributed by atoms with E-state index in [1.165, 1.54) is 148 Å². The van der Waals surface area contributed by atoms with Crippen LogP contribution in [-0.2, 0) is 9.53 Å². The van der Waals surface area contributed by atoms with Gasteiger partial charge in [-0.25, -0.2) is 4.79 Å². The fourth-order valence-corrected chi connectivity index (χ4v) is 4.43. The summed E-state index contributed by atoms with van der Waals surface area (Å²) < 4.78 is 5.15. The molecule has 0 fully saturated rings. The number of ether oxygens (including phenoxy) is 1. The monoisotopic (exact) mass is 476 g/mol. The van der Waals surface area contributed by atoms with Gasteiger partial charge in [-0.15, -0.1) is 0 Å². The molecule has 0 atom stereocenters. The Morgan fingerprint density at radius 3 is 1.18 bits per heavy atom. The zero-order valence-corrected chi connectivity index (χ0v) is 23.3. The zero-order valence-electron chi connectivity index (χ0n) is 23.3. The molecule has 0 saturated carbocycles. The molecule has 0 aromatic heterocycles. The smallest absolute Gasteiger partial charge is 0.335 e. The van der Waals surface area contributed by atoms with Crippen molar-refractivity contribution in [1.29, 1.82) is 0 Å². The van der Waals surface area contributed by atoms with Crippen LogP contribution < -0.4 is 0 Å². The van der Waals surface area contributed by atoms with Crippen molar-refractivity contribution < 1.29 is 9.53 Å². The van der Waals surface area contributed by atoms with Crippen molar-refractivity contribution in [3.63, 3.8) is 0 Å². The van der Waals surface area contributed by atoms with Crippen molar-refractivity contribution in [2.75, 3.05) is 0 Å². The van der Waals surface area contributed by atoms with Gasteiger partial charge in [-0.3, -0.25) is 0 Å². The molecule has 0 bridgehead atoms. The standard InChI is InChI=1S/C32H60O2/c1-3-5-7-9-11-13-15-16-17-18-19-21-23-25-27-29-31-34-32(33)30-28-26-24-22-20-14-12-10-8-6-4-2/h28-31H,3-27H2,1-2H3. The quantitative estimate of drug-likeness (QED) is 0.0510. The molecule has 0 aromatic carbocycles. The molecule has 2 nitrogen and oxygen atoms in total. The van der Waals surface area contributed by atoms with Crippen LogP contribution in [0.5, 0.6) is 0 Å². The van der Waals surface area contributed by atoms with Crippen LogP contribution in [0.1, 0.15) is 174 Å². The Bertz CT molecular complexity index is 452. The molecule has 0 spiro atoms. The number of carbonyl (C=O) groups is 1. The van der Waals surface area contributed by atoms with Crippen LogP contribution in [0.15, 0.2) is 24.5 Å². The van der Waals surface area contributed by atoms with Gasteiger partial charge in [0.15, 0.2) is 0 Å². The van der Waals surface area contributed by atoms with Crippen LogP contribution in [0.2, 0.25) is 0 Å². The third kappa shape index (κ3) is 29.0. The maximum Gasteiger partial charge on any atom is 0.335 e. The van der Waals surface area contributed by atoms with Gasteiger partial charge < -0.3 is 4.74 Å². The van der Waals surface area contributed by atoms with E-state index in [9.17, 15) is 4.79 Å². The number of hydrogen-bond donors (Lipinski definition) is 0. The maximum absolute atomic E-state index is 11.7. The Morgan fingerprint density at radius 2 is 0.794 bits per heavy atom. The normalized spacial score (nSPS) is 11.7. The second kappa shape index (κ2) is 30.0. The highest BCUT2D eigenvalue weighted by Crippen LogP contribution is 2.14. The summed E-state index contributed by atoms with van der Waals surface area (Å²) in [5, 5.41) is 0. The number of allylic oxidation sites excluding steroid dienone is 2. The second-order valence-electron chi connectivity index (χ2n) is 10.2. The van der Waals surface area contributed by atoms with Gasteiger partial charge in [0.1, 0.15) is 0 Å². The largest absolute Gasteiger partial charge is 0.432 e. The van der Waals surface area contributed by atoms with Crippen molar-refractivity contribution in [1.82, 2.24) is 0 Å². The number of carbonyl (C=O) groups excluding carboxylic acids is 1. The van der Waals surface area contributed by atoms with Crippen LogP contribution in [-0.4, -0.2) is 5.97 Å². The van der Waals surface area contributed by atoms with Gasteiger partial charge in [-0.05, 0) is 31.8 Å². The van der Waals surface area contributed by atoms with Crippen molar-refractivity contribution in [2.45, 2.75) is 174 Å². The summed E-state index contributed by atoms with van der Waals surface area (Å²) in [6, 6.07) is 0. The van der Waals surface area contributed by atoms with Crippen molar-refractivity contribution in [2.24, 2.45) is 0 Å². The molecule has 0 aliphatic carbocycles. The molecule has 200 valence electrons. The van der Waals surface area contributed by atoms with Crippen LogP contribution >= 0.6 is 0 Å². The molecular weight excluding hydrogens is 416 g/mol. The van der Waals surface area contributed by atoms with Crippen molar-refractivity contribution in [3.8, 4) is 0 Å². The third-order valence-corrected chi connectivity index (χ3v) is 6.73. The summed E-state index contributed by atoms with van der Waals surface area (Å²) in [4.78, 5) is 11.7. The van der Waals surface area contributed by atoms with E-state index >= 15 is 0 Å². The zero-order chi connectivity index (χ0) is 24.8. The molecule has 0 aromatic rings. The average Bonchev–Trinajstić information content (AvgIpc) is 2.84. The lowest BCUT2D eigenvalue weighted by atomic mass is 10.0. The van der Waals surface area contributed by atoms with E-state index in [0.717, 1.165) is 12.8 Å². The minimum Gasteiger partial charge on any atom is -0.432 e. The SMILES string of the molecule is CCCCCCCCCCCC=CC(=O)OC=CCCCCCCCCCCCCCCCC. The Balaban J connectivity index is 3.29. The topological polar surface area (TPSA) is 26.3 Å². The fraction of sp³-hybridized carbons (Fsp3) is 0.844. The molecule has 0 heterocycles. The Kier molecular flexibility index (Phi) is 29.1. The number of rotatable bonds is 27. The van der Waals surface area contributed by atoms with E-state index in [-0.39, 0.29) is 5.97 Å². The van der Waals surface area contributed by atoms with E-state index in [1.54, 1.807) is 12.3 Å². The lowest BCUT2D eigenvalue weighted by Gasteiger charge is -2.02. The molecule has 0 unspecified atom stereocenters. The molecule has 2 heteroatoms. The Labute approximate surface area is 214 Å². The van der Waals surface area contributed by atoms with Gasteiger partial charge >= 0.3 is 5.97 Å². The summed E-state index contributed by atoms with van der Waals surface area (Å²) in [5.74, 6) is -0.242. The van der Waals surface area contributed by atoms with Gasteiger partial charge in [0, 0.05) is 6.08 Å². The first kappa shape index (κ1) is 33.0. The predicted molar refractivity (Wildman–Crippen MR) is 151 cm³/mol. The Morgan fingerprint density at radius 1 is 0.471 bits per heavy atom. The van der Waals surface area contributed by atoms with Crippen LogP contribution in [0.25, 0.3) is 0 Å². The van der Waals surface area contributed by atoms with E-state index in [1.807, 2.05) is 12.2 Å². The highest BCUT2D eigenvalue weighted by Gasteiger charge is 1.95. The first-order chi connectivity index (χ1) is 16.8. The molecule has 0 aliphatic heterocycles. The summed E-state index contributed by atoms with van der Waals surface area (Å²) in [6.45, 7) is 4.55. The number of hydrogen-bond acceptors (Lipinski definition) is 2. The highest BCUT2D eigenvalue weighted by atomic mass is 16.5. The molecular formula is C32H60O2. The first-order valence-corrected chi connectivity index (χ1v) is 15.3. The number of esters is 1. The van der Waals surface area contributed by atoms with Gasteiger partial charge in [0.2, 0.25) is 0 Å². The van der Waals surface area contributed by atoms with E-state index in [0.29, 0.717) is 0 Å². The fourth-order valence-electron chi connectivity index (χ4n) is 4.43. The summed E-state index contributed by atoms with van der Waals surface area (Å²) in [5.41, 5.74) is 0. The molecule has 0 aliphatic rings. The lowest BCUT2D eigenvalue weighted by molar-refractivity contribution is -0.132. The van der Waals surface area contributed by atoms with E-state index in [4.69, 9.17) is 4.74 Å². The predicted octanol–water partition coefficient (Wildman–Crippen LogP) is 11.4. The van der Waals surface area contributed by atoms with Gasteiger partial charge in [-0.1, -0.05) is 155 Å². The third-order valence-electron chi connectivity index (χ3n) is 6.73. The van der Waals surface area contributed by atoms with Gasteiger partial charge in [0.05, 0.1) is 6.26 Å². The minimum atomic E-state index is -0.242. The lowest BCUT2D eigenvalue weighted by Crippen LogP contribution is -1.93. The van der Waals surface area contributed by atoms with Crippen molar-refractivity contribution >= 4 is 5.97 Å². The molecule has 0 amide bonds. The molecule has 0 radical (unpaired) electrons. The maximum atomic E-state index is 11.7. The van der Waals surface area contributed by atoms with Crippen LogP contribution in [0.4, 0.5) is 0 Å². The first-order valence-electron chi connectivity index (χ1n) is 15.3. The number of unbranched alkanes of at least 4 members (excludes halogenated alkanes) is 23. The summed E-state index contributed by atoms with van der Waals surface area (Å²) in [7, 11) is 0. The average molecular weight is 477 g/mol. The summed E-state index contributed by atoms with van der Waals surface area (Å²) in [6.07, 6.45) is 40.5. The van der Waals surface area contributed by atoms with E-state index < -0.39 is 0 Å². The molecule has 0 saturated heterocycles. The van der Waals surface area contributed by atoms with E-state index in [2.05, 4.69) is 13.8 Å². The van der Waals surface area contributed by atoms with Crippen LogP contribution in [0.3, 0.4) is 0 Å². The molecule has 0 N–H and O–H groups in total. The van der Waals surface area contributed by atoms with Gasteiger partial charge in [-0.2, -0.15) is 0 Å². The summed E-state index contributed by atoms with van der Waals surface area (Å²) >= 11 is 0. The molecule has 34 heavy (non-hydrogen) atoms. The highest BCUT2D eigenvalue weighted by molar-refractivity contribution is 5.82. The molecule has 0 rings (SSSR count). The second-order valence-corrected chi connectivity index (χ2v) is 10.2. The van der Waals surface area contributed by atoms with Gasteiger partial charge in [0.25, 0.3) is 0 Å². The van der Waals surface area contributed by atoms with Crippen molar-refractivity contribution in [3.05, 3.63) is 24.5 Å². The Hall–Kier alpha value is -1.05. The van der Waals surface area contributed by atoms with Crippen LogP contribution in [0, 0.1) is 0 Å².